The minimum absolute atomic E-state index is 0. The largest absolute Gasteiger partial charge is 0.355 e. The molecule has 0 amide bonds. The van der Waals surface area contributed by atoms with Crippen LogP contribution in [0.4, 0.5) is 0 Å². The Hall–Kier alpha value is -0.820. The Kier molecular flexibility index (Phi) is 7.80. The van der Waals surface area contributed by atoms with Crippen LogP contribution in [0, 0.1) is 0 Å². The number of aliphatic imine (C=N–C) groups is 1. The number of hydrogen-bond acceptors (Lipinski definition) is 2. The molecule has 0 aliphatic carbocycles. The van der Waals surface area contributed by atoms with Crippen LogP contribution in [0.2, 0.25) is 0 Å². The number of nitrogens with zero attached hydrogens (tertiary/aromatic N) is 2. The lowest BCUT2D eigenvalue weighted by Gasteiger charge is -2.42. The fourth-order valence-corrected chi connectivity index (χ4v) is 2.89. The molecular weight excluding hydrogens is 399 g/mol. The zero-order valence-electron chi connectivity index (χ0n) is 15.0. The van der Waals surface area contributed by atoms with Crippen molar-refractivity contribution in [3.63, 3.8) is 0 Å². The van der Waals surface area contributed by atoms with Crippen LogP contribution in [0.3, 0.4) is 0 Å². The van der Waals surface area contributed by atoms with Gasteiger partial charge in [0.25, 0.3) is 0 Å². The predicted octanol–water partition coefficient (Wildman–Crippen LogP) is 3.01. The first-order valence-electron chi connectivity index (χ1n) is 8.21. The summed E-state index contributed by atoms with van der Waals surface area (Å²) in [5, 5.41) is 6.80. The topological polar surface area (TPSA) is 39.7 Å². The third kappa shape index (κ3) is 5.64. The van der Waals surface area contributed by atoms with Crippen LogP contribution in [0.1, 0.15) is 38.8 Å². The molecule has 4 nitrogen and oxygen atoms in total. The van der Waals surface area contributed by atoms with E-state index < -0.39 is 0 Å². The van der Waals surface area contributed by atoms with E-state index in [4.69, 9.17) is 0 Å². The van der Waals surface area contributed by atoms with Crippen molar-refractivity contribution in [1.29, 1.82) is 0 Å². The molecule has 0 fully saturated rings. The first-order chi connectivity index (χ1) is 10.4. The second kappa shape index (κ2) is 8.87. The number of benzene rings is 1. The molecule has 2 N–H and O–H groups in total. The Morgan fingerprint density at radius 2 is 1.91 bits per heavy atom. The van der Waals surface area contributed by atoms with E-state index in [9.17, 15) is 0 Å². The van der Waals surface area contributed by atoms with Gasteiger partial charge in [0.05, 0.1) is 0 Å². The van der Waals surface area contributed by atoms with Crippen molar-refractivity contribution in [3.8, 4) is 0 Å². The minimum Gasteiger partial charge on any atom is -0.355 e. The number of hydrogen-bond donors (Lipinski definition) is 2. The number of nitrogens with one attached hydrogen (secondary N) is 2. The number of fused-ring (bicyclic) bond motifs is 1. The Morgan fingerprint density at radius 1 is 1.26 bits per heavy atom. The molecule has 0 saturated heterocycles. The molecule has 2 rings (SSSR count). The molecule has 130 valence electrons. The van der Waals surface area contributed by atoms with Crippen LogP contribution in [0.5, 0.6) is 0 Å². The average Bonchev–Trinajstić information content (AvgIpc) is 2.50. The number of halogens is 1. The van der Waals surface area contributed by atoms with E-state index in [2.05, 4.69) is 72.5 Å². The molecule has 0 atom stereocenters. The van der Waals surface area contributed by atoms with E-state index in [1.807, 2.05) is 7.05 Å². The second-order valence-corrected chi connectivity index (χ2v) is 6.98. The Morgan fingerprint density at radius 3 is 2.52 bits per heavy atom. The molecule has 0 spiro atoms. The summed E-state index contributed by atoms with van der Waals surface area (Å²) in [5.41, 5.74) is 3.05. The van der Waals surface area contributed by atoms with Crippen molar-refractivity contribution in [1.82, 2.24) is 15.5 Å². The summed E-state index contributed by atoms with van der Waals surface area (Å²) in [6.07, 6.45) is 1.14. The van der Waals surface area contributed by atoms with E-state index in [1.165, 1.54) is 11.1 Å². The highest BCUT2D eigenvalue weighted by Crippen LogP contribution is 2.24. The molecule has 0 saturated carbocycles. The zero-order chi connectivity index (χ0) is 16.2. The van der Waals surface area contributed by atoms with Crippen molar-refractivity contribution in [3.05, 3.63) is 35.4 Å². The molecule has 0 radical (unpaired) electrons. The maximum absolute atomic E-state index is 4.29. The van der Waals surface area contributed by atoms with Gasteiger partial charge in [0.15, 0.2) is 5.96 Å². The van der Waals surface area contributed by atoms with Crippen LogP contribution in [-0.4, -0.2) is 42.6 Å². The van der Waals surface area contributed by atoms with Crippen molar-refractivity contribution >= 4 is 29.9 Å². The smallest absolute Gasteiger partial charge is 0.191 e. The van der Waals surface area contributed by atoms with Crippen molar-refractivity contribution in [2.45, 2.75) is 52.2 Å². The van der Waals surface area contributed by atoms with Gasteiger partial charge in [-0.3, -0.25) is 9.89 Å². The fourth-order valence-electron chi connectivity index (χ4n) is 2.89. The lowest BCUT2D eigenvalue weighted by atomic mass is 9.94. The predicted molar refractivity (Wildman–Crippen MR) is 110 cm³/mol. The fraction of sp³-hybridized carbons (Fsp3) is 0.611. The molecule has 1 heterocycles. The summed E-state index contributed by atoms with van der Waals surface area (Å²) in [5.74, 6) is 0.875. The van der Waals surface area contributed by atoms with Gasteiger partial charge in [0.1, 0.15) is 0 Å². The van der Waals surface area contributed by atoms with E-state index in [0.717, 1.165) is 32.0 Å². The van der Waals surface area contributed by atoms with Crippen LogP contribution in [-0.2, 0) is 13.0 Å². The lowest BCUT2D eigenvalue weighted by Crippen LogP contribution is -2.55. The normalized spacial score (nSPS) is 15.8. The highest BCUT2D eigenvalue weighted by molar-refractivity contribution is 14.0. The van der Waals surface area contributed by atoms with E-state index in [-0.39, 0.29) is 29.5 Å². The van der Waals surface area contributed by atoms with Gasteiger partial charge in [-0.1, -0.05) is 24.3 Å². The molecule has 0 aromatic heterocycles. The Labute approximate surface area is 158 Å². The summed E-state index contributed by atoms with van der Waals surface area (Å²) in [7, 11) is 1.82. The van der Waals surface area contributed by atoms with Gasteiger partial charge in [-0.25, -0.2) is 0 Å². The molecule has 23 heavy (non-hydrogen) atoms. The monoisotopic (exact) mass is 430 g/mol. The average molecular weight is 430 g/mol. The van der Waals surface area contributed by atoms with E-state index in [0.29, 0.717) is 6.04 Å². The zero-order valence-corrected chi connectivity index (χ0v) is 17.3. The number of guanidine groups is 1. The van der Waals surface area contributed by atoms with Crippen LogP contribution in [0.25, 0.3) is 0 Å². The van der Waals surface area contributed by atoms with Gasteiger partial charge in [-0.2, -0.15) is 0 Å². The van der Waals surface area contributed by atoms with Gasteiger partial charge in [-0.05, 0) is 45.2 Å². The van der Waals surface area contributed by atoms with E-state index in [1.54, 1.807) is 0 Å². The third-order valence-corrected chi connectivity index (χ3v) is 4.32. The van der Waals surface area contributed by atoms with Gasteiger partial charge in [0.2, 0.25) is 0 Å². The maximum atomic E-state index is 4.29. The van der Waals surface area contributed by atoms with Crippen LogP contribution < -0.4 is 10.6 Å². The van der Waals surface area contributed by atoms with Gasteiger partial charge >= 0.3 is 0 Å². The summed E-state index contributed by atoms with van der Waals surface area (Å²) in [4.78, 5) is 6.85. The maximum Gasteiger partial charge on any atom is 0.191 e. The van der Waals surface area contributed by atoms with Gasteiger partial charge in [-0.15, -0.1) is 24.0 Å². The first kappa shape index (κ1) is 20.2. The summed E-state index contributed by atoms with van der Waals surface area (Å²) in [6, 6.07) is 9.18. The standard InChI is InChI=1S/C18H30N4.HI/c1-14(2)21-17(19-5)20-13-18(3,4)22-11-10-15-8-6-7-9-16(15)12-22;/h6-9,14H,10-13H2,1-5H3,(H2,19,20,21);1H. The van der Waals surface area contributed by atoms with Crippen LogP contribution >= 0.6 is 24.0 Å². The second-order valence-electron chi connectivity index (χ2n) is 6.98. The summed E-state index contributed by atoms with van der Waals surface area (Å²) in [6.45, 7) is 11.9. The molecule has 5 heteroatoms. The molecule has 1 aromatic rings. The highest BCUT2D eigenvalue weighted by atomic mass is 127. The quantitative estimate of drug-likeness (QED) is 0.438. The SMILES string of the molecule is CN=C(NCC(C)(C)N1CCc2ccccc2C1)NC(C)C.I. The minimum atomic E-state index is 0. The molecular formula is C18H31IN4. The van der Waals surface area contributed by atoms with Gasteiger partial charge < -0.3 is 10.6 Å². The molecule has 1 aromatic carbocycles. The Balaban J connectivity index is 0.00000264. The lowest BCUT2D eigenvalue weighted by molar-refractivity contribution is 0.107. The first-order valence-corrected chi connectivity index (χ1v) is 8.21. The molecule has 0 unspecified atom stereocenters. The summed E-state index contributed by atoms with van der Waals surface area (Å²) < 4.78 is 0. The highest BCUT2D eigenvalue weighted by Gasteiger charge is 2.29. The van der Waals surface area contributed by atoms with Crippen molar-refractivity contribution < 1.29 is 0 Å². The molecule has 1 aliphatic heterocycles. The van der Waals surface area contributed by atoms with Crippen molar-refractivity contribution in [2.75, 3.05) is 20.1 Å². The third-order valence-electron chi connectivity index (χ3n) is 4.32. The number of rotatable bonds is 4. The van der Waals surface area contributed by atoms with E-state index >= 15 is 0 Å². The summed E-state index contributed by atoms with van der Waals surface area (Å²) >= 11 is 0. The van der Waals surface area contributed by atoms with Gasteiger partial charge in [0, 0.05) is 38.3 Å². The van der Waals surface area contributed by atoms with Crippen LogP contribution in [0.15, 0.2) is 29.3 Å². The Bertz CT molecular complexity index is 526. The van der Waals surface area contributed by atoms with Crippen molar-refractivity contribution in [2.24, 2.45) is 4.99 Å². The molecule has 0 bridgehead atoms. The molecule has 1 aliphatic rings.